The van der Waals surface area contributed by atoms with Crippen LogP contribution < -0.4 is 10.1 Å². The van der Waals surface area contributed by atoms with Gasteiger partial charge in [-0.1, -0.05) is 12.1 Å². The smallest absolute Gasteiger partial charge is 0.255 e. The van der Waals surface area contributed by atoms with Crippen molar-refractivity contribution >= 4 is 5.91 Å². The van der Waals surface area contributed by atoms with Crippen molar-refractivity contribution in [1.82, 2.24) is 20.5 Å². The number of amides is 1. The van der Waals surface area contributed by atoms with Gasteiger partial charge in [-0.25, -0.2) is 4.98 Å². The van der Waals surface area contributed by atoms with Crippen molar-refractivity contribution in [2.75, 3.05) is 19.8 Å². The predicted molar refractivity (Wildman–Crippen MR) is 85.4 cm³/mol. The maximum atomic E-state index is 12.5. The number of ether oxygens (including phenoxy) is 2. The van der Waals surface area contributed by atoms with Gasteiger partial charge in [-0.15, -0.1) is 0 Å². The van der Waals surface area contributed by atoms with Crippen LogP contribution >= 0.6 is 0 Å². The molecule has 0 bridgehead atoms. The van der Waals surface area contributed by atoms with Crippen LogP contribution in [0.4, 0.5) is 0 Å². The van der Waals surface area contributed by atoms with Crippen LogP contribution in [0.2, 0.25) is 0 Å². The van der Waals surface area contributed by atoms with Crippen LogP contribution in [0.3, 0.4) is 0 Å². The van der Waals surface area contributed by atoms with E-state index in [0.29, 0.717) is 42.8 Å². The van der Waals surface area contributed by atoms with Crippen molar-refractivity contribution in [1.29, 1.82) is 0 Å². The summed E-state index contributed by atoms with van der Waals surface area (Å²) >= 11 is 0. The highest BCUT2D eigenvalue weighted by Crippen LogP contribution is 2.19. The number of aryl methyl sites for hydroxylation is 1. The van der Waals surface area contributed by atoms with Gasteiger partial charge >= 0.3 is 0 Å². The lowest BCUT2D eigenvalue weighted by Gasteiger charge is -2.14. The molecule has 0 aliphatic heterocycles. The van der Waals surface area contributed by atoms with Crippen molar-refractivity contribution in [2.24, 2.45) is 0 Å². The van der Waals surface area contributed by atoms with Crippen LogP contribution in [0.5, 0.6) is 5.75 Å². The zero-order valence-electron chi connectivity index (χ0n) is 13.6. The number of hydrogen-bond acceptors (Lipinski definition) is 5. The Morgan fingerprint density at radius 3 is 2.83 bits per heavy atom. The molecule has 1 heterocycles. The monoisotopic (exact) mass is 318 g/mol. The highest BCUT2D eigenvalue weighted by atomic mass is 16.5. The molecule has 0 fully saturated rings. The summed E-state index contributed by atoms with van der Waals surface area (Å²) in [4.78, 5) is 16.7. The molecule has 1 aromatic heterocycles. The first-order valence-electron chi connectivity index (χ1n) is 7.61. The van der Waals surface area contributed by atoms with Crippen molar-refractivity contribution in [3.8, 4) is 5.75 Å². The number of carbonyl (C=O) groups excluding carboxylic acids is 1. The Morgan fingerprint density at radius 2 is 2.13 bits per heavy atom. The van der Waals surface area contributed by atoms with Gasteiger partial charge in [-0.2, -0.15) is 5.10 Å². The van der Waals surface area contributed by atoms with Gasteiger partial charge in [0.15, 0.2) is 5.82 Å². The third-order valence-corrected chi connectivity index (χ3v) is 3.17. The number of nitrogens with zero attached hydrogens (tertiary/aromatic N) is 2. The molecule has 0 aliphatic rings. The zero-order valence-corrected chi connectivity index (χ0v) is 13.6. The number of benzene rings is 1. The summed E-state index contributed by atoms with van der Waals surface area (Å²) < 4.78 is 10.9. The van der Waals surface area contributed by atoms with E-state index in [2.05, 4.69) is 20.5 Å². The first-order valence-corrected chi connectivity index (χ1v) is 7.61. The minimum absolute atomic E-state index is 0.230. The van der Waals surface area contributed by atoms with E-state index in [4.69, 9.17) is 9.47 Å². The van der Waals surface area contributed by atoms with E-state index in [-0.39, 0.29) is 11.9 Å². The Balaban J connectivity index is 2.01. The molecule has 0 saturated heterocycles. The van der Waals surface area contributed by atoms with Crippen LogP contribution in [0.25, 0.3) is 0 Å². The molecular weight excluding hydrogens is 296 g/mol. The predicted octanol–water partition coefficient (Wildman–Crippen LogP) is 2.02. The third kappa shape index (κ3) is 4.79. The summed E-state index contributed by atoms with van der Waals surface area (Å²) in [6, 6.07) is 6.81. The second-order valence-corrected chi connectivity index (χ2v) is 5.02. The summed E-state index contributed by atoms with van der Waals surface area (Å²) in [5.41, 5.74) is 0.475. The van der Waals surface area contributed by atoms with Gasteiger partial charge < -0.3 is 14.8 Å². The molecule has 1 amide bonds. The number of nitrogens with one attached hydrogen (secondary N) is 2. The van der Waals surface area contributed by atoms with Gasteiger partial charge in [0, 0.05) is 6.61 Å². The fraction of sp³-hybridized carbons (Fsp3) is 0.438. The molecule has 2 rings (SSSR count). The summed E-state index contributed by atoms with van der Waals surface area (Å²) in [6.07, 6.45) is 0. The van der Waals surface area contributed by atoms with Crippen molar-refractivity contribution in [3.63, 3.8) is 0 Å². The lowest BCUT2D eigenvalue weighted by Crippen LogP contribution is -2.28. The molecule has 1 atom stereocenters. The van der Waals surface area contributed by atoms with Crippen molar-refractivity contribution in [3.05, 3.63) is 41.5 Å². The van der Waals surface area contributed by atoms with Crippen LogP contribution in [0, 0.1) is 6.92 Å². The maximum absolute atomic E-state index is 12.5. The molecule has 0 unspecified atom stereocenters. The largest absolute Gasteiger partial charge is 0.490 e. The average Bonchev–Trinajstić information content (AvgIpc) is 2.98. The Labute approximate surface area is 135 Å². The van der Waals surface area contributed by atoms with E-state index in [1.54, 1.807) is 18.2 Å². The molecular formula is C16H22N4O3. The molecule has 1 aromatic carbocycles. The summed E-state index contributed by atoms with van der Waals surface area (Å²) in [6.45, 7) is 7.09. The molecule has 0 radical (unpaired) electrons. The van der Waals surface area contributed by atoms with Crippen LogP contribution in [-0.2, 0) is 4.74 Å². The molecule has 0 aliphatic carbocycles. The molecule has 7 heteroatoms. The van der Waals surface area contributed by atoms with E-state index < -0.39 is 0 Å². The normalized spacial score (nSPS) is 12.0. The quantitative estimate of drug-likeness (QED) is 0.727. The first-order chi connectivity index (χ1) is 11.1. The van der Waals surface area contributed by atoms with Gasteiger partial charge in [-0.05, 0) is 32.9 Å². The van der Waals surface area contributed by atoms with Crippen molar-refractivity contribution < 1.29 is 14.3 Å². The van der Waals surface area contributed by atoms with Crippen LogP contribution in [0.1, 0.15) is 41.9 Å². The maximum Gasteiger partial charge on any atom is 0.255 e. The lowest BCUT2D eigenvalue weighted by atomic mass is 10.1. The average molecular weight is 318 g/mol. The topological polar surface area (TPSA) is 89.1 Å². The standard InChI is InChI=1S/C16H22N4O3/c1-4-22-9-10-23-14-8-6-5-7-13(14)16(21)17-11(2)15-18-12(3)19-20-15/h5-8,11H,4,9-10H2,1-3H3,(H,17,21)(H,18,19,20)/t11-/m0/s1. The van der Waals surface area contributed by atoms with Gasteiger partial charge in [0.2, 0.25) is 0 Å². The summed E-state index contributed by atoms with van der Waals surface area (Å²) in [5.74, 6) is 1.56. The number of H-pyrrole nitrogens is 1. The highest BCUT2D eigenvalue weighted by Gasteiger charge is 2.17. The molecule has 23 heavy (non-hydrogen) atoms. The molecule has 2 aromatic rings. The highest BCUT2D eigenvalue weighted by molar-refractivity contribution is 5.97. The SMILES string of the molecule is CCOCCOc1ccccc1C(=O)N[C@@H](C)c1n[nH]c(C)n1. The molecule has 0 saturated carbocycles. The Kier molecular flexibility index (Phi) is 6.10. The molecule has 2 N–H and O–H groups in total. The van der Waals surface area contributed by atoms with E-state index in [1.165, 1.54) is 0 Å². The minimum atomic E-state index is -0.302. The molecule has 124 valence electrons. The van der Waals surface area contributed by atoms with E-state index in [1.807, 2.05) is 26.8 Å². The summed E-state index contributed by atoms with van der Waals surface area (Å²) in [7, 11) is 0. The van der Waals surface area contributed by atoms with E-state index in [9.17, 15) is 4.79 Å². The van der Waals surface area contributed by atoms with Gasteiger partial charge in [0.1, 0.15) is 18.2 Å². The zero-order chi connectivity index (χ0) is 16.7. The second-order valence-electron chi connectivity index (χ2n) is 5.02. The molecule has 7 nitrogen and oxygen atoms in total. The fourth-order valence-electron chi connectivity index (χ4n) is 2.03. The Hall–Kier alpha value is -2.41. The minimum Gasteiger partial charge on any atom is -0.490 e. The molecule has 0 spiro atoms. The van der Waals surface area contributed by atoms with Gasteiger partial charge in [0.05, 0.1) is 18.2 Å². The lowest BCUT2D eigenvalue weighted by molar-refractivity contribution is 0.0922. The van der Waals surface area contributed by atoms with Gasteiger partial charge in [-0.3, -0.25) is 9.89 Å². The number of aromatic nitrogens is 3. The second kappa shape index (κ2) is 8.28. The first kappa shape index (κ1) is 17.0. The van der Waals surface area contributed by atoms with Crippen molar-refractivity contribution in [2.45, 2.75) is 26.8 Å². The summed E-state index contributed by atoms with van der Waals surface area (Å²) in [5, 5.41) is 9.69. The number of aromatic amines is 1. The van der Waals surface area contributed by atoms with E-state index >= 15 is 0 Å². The fourth-order valence-corrected chi connectivity index (χ4v) is 2.03. The van der Waals surface area contributed by atoms with Crippen LogP contribution in [0.15, 0.2) is 24.3 Å². The number of para-hydroxylation sites is 1. The number of hydrogen-bond donors (Lipinski definition) is 2. The Bertz CT molecular complexity index is 642. The third-order valence-electron chi connectivity index (χ3n) is 3.17. The van der Waals surface area contributed by atoms with E-state index in [0.717, 1.165) is 0 Å². The van der Waals surface area contributed by atoms with Gasteiger partial charge in [0.25, 0.3) is 5.91 Å². The Morgan fingerprint density at radius 1 is 1.35 bits per heavy atom. The number of rotatable bonds is 8. The number of carbonyl (C=O) groups is 1. The van der Waals surface area contributed by atoms with Crippen LogP contribution in [-0.4, -0.2) is 40.9 Å².